The zero-order valence-electron chi connectivity index (χ0n) is 20.3. The predicted molar refractivity (Wildman–Crippen MR) is 139 cm³/mol. The average molecular weight is 481 g/mol. The molecule has 2 N–H and O–H groups in total. The number of nitriles is 1. The molecule has 4 aromatic rings. The highest BCUT2D eigenvalue weighted by Crippen LogP contribution is 2.23. The molecule has 0 bridgehead atoms. The number of methoxy groups -OCH3 is 1. The number of carbonyl (C=O) groups is 1. The lowest BCUT2D eigenvalue weighted by atomic mass is 9.97. The standard InChI is InChI=1S/C28H28N6O2/c1-34-19-24(17-32-34)23-10-11-27(31-16-23)33-28(35)26(22-4-3-5-25(14-22)36-2)18-30-13-12-20-6-8-21(15-29)9-7-20/h3-11,14,16-17,19,26,30H,12-13,18H2,1-2H3,(H,31,33,35). The molecule has 1 atom stereocenters. The first-order valence-electron chi connectivity index (χ1n) is 11.7. The Morgan fingerprint density at radius 1 is 1.11 bits per heavy atom. The van der Waals surface area contributed by atoms with E-state index in [1.165, 1.54) is 0 Å². The van der Waals surface area contributed by atoms with Gasteiger partial charge in [0.25, 0.3) is 0 Å². The van der Waals surface area contributed by atoms with Gasteiger partial charge in [-0.15, -0.1) is 0 Å². The van der Waals surface area contributed by atoms with Gasteiger partial charge in [-0.2, -0.15) is 10.4 Å². The Hall–Kier alpha value is -4.48. The third kappa shape index (κ3) is 6.34. The van der Waals surface area contributed by atoms with Crippen molar-refractivity contribution in [1.29, 1.82) is 5.26 Å². The van der Waals surface area contributed by atoms with Gasteiger partial charge in [-0.1, -0.05) is 24.3 Å². The summed E-state index contributed by atoms with van der Waals surface area (Å²) in [6.07, 6.45) is 6.20. The smallest absolute Gasteiger partial charge is 0.234 e. The van der Waals surface area contributed by atoms with Crippen LogP contribution in [0, 0.1) is 11.3 Å². The zero-order chi connectivity index (χ0) is 25.3. The molecule has 0 saturated carbocycles. The van der Waals surface area contributed by atoms with Crippen LogP contribution in [0.2, 0.25) is 0 Å². The number of ether oxygens (including phenoxy) is 1. The molecule has 2 aromatic heterocycles. The van der Waals surface area contributed by atoms with E-state index in [0.29, 0.717) is 30.2 Å². The fourth-order valence-corrected chi connectivity index (χ4v) is 3.87. The summed E-state index contributed by atoms with van der Waals surface area (Å²) in [7, 11) is 3.47. The molecule has 0 aliphatic rings. The van der Waals surface area contributed by atoms with Crippen molar-refractivity contribution in [1.82, 2.24) is 20.1 Å². The monoisotopic (exact) mass is 480 g/mol. The molecule has 4 rings (SSSR count). The third-order valence-corrected chi connectivity index (χ3v) is 5.89. The van der Waals surface area contributed by atoms with Gasteiger partial charge in [0.2, 0.25) is 5.91 Å². The molecule has 36 heavy (non-hydrogen) atoms. The second-order valence-electron chi connectivity index (χ2n) is 8.42. The molecule has 1 amide bonds. The molecule has 0 saturated heterocycles. The lowest BCUT2D eigenvalue weighted by molar-refractivity contribution is -0.117. The Bertz CT molecular complexity index is 1340. The Labute approximate surface area is 210 Å². The summed E-state index contributed by atoms with van der Waals surface area (Å²) in [5.41, 5.74) is 4.51. The van der Waals surface area contributed by atoms with Gasteiger partial charge >= 0.3 is 0 Å². The van der Waals surface area contributed by atoms with E-state index >= 15 is 0 Å². The molecule has 8 nitrogen and oxygen atoms in total. The van der Waals surface area contributed by atoms with Crippen molar-refractivity contribution in [3.8, 4) is 22.9 Å². The second-order valence-corrected chi connectivity index (χ2v) is 8.42. The van der Waals surface area contributed by atoms with Gasteiger partial charge < -0.3 is 15.4 Å². The van der Waals surface area contributed by atoms with E-state index in [-0.39, 0.29) is 5.91 Å². The van der Waals surface area contributed by atoms with Crippen LogP contribution in [-0.4, -0.2) is 40.9 Å². The van der Waals surface area contributed by atoms with Crippen molar-refractivity contribution in [3.63, 3.8) is 0 Å². The van der Waals surface area contributed by atoms with E-state index < -0.39 is 5.92 Å². The number of hydrogen-bond donors (Lipinski definition) is 2. The summed E-state index contributed by atoms with van der Waals surface area (Å²) in [5, 5.41) is 19.5. The first kappa shape index (κ1) is 24.6. The summed E-state index contributed by atoms with van der Waals surface area (Å²) >= 11 is 0. The van der Waals surface area contributed by atoms with Gasteiger partial charge in [-0.25, -0.2) is 4.98 Å². The first-order valence-corrected chi connectivity index (χ1v) is 11.7. The summed E-state index contributed by atoms with van der Waals surface area (Å²) in [5.74, 6) is 0.580. The van der Waals surface area contributed by atoms with Crippen molar-refractivity contribution in [2.24, 2.45) is 7.05 Å². The fourth-order valence-electron chi connectivity index (χ4n) is 3.87. The van der Waals surface area contributed by atoms with Gasteiger partial charge in [0.15, 0.2) is 0 Å². The molecule has 0 aliphatic carbocycles. The maximum absolute atomic E-state index is 13.3. The van der Waals surface area contributed by atoms with Crippen LogP contribution < -0.4 is 15.4 Å². The molecular formula is C28H28N6O2. The molecule has 8 heteroatoms. The maximum Gasteiger partial charge on any atom is 0.234 e. The van der Waals surface area contributed by atoms with Gasteiger partial charge in [0.1, 0.15) is 11.6 Å². The van der Waals surface area contributed by atoms with E-state index in [0.717, 1.165) is 28.7 Å². The minimum Gasteiger partial charge on any atom is -0.497 e. The fraction of sp³-hybridized carbons (Fsp3) is 0.214. The van der Waals surface area contributed by atoms with E-state index in [2.05, 4.69) is 26.8 Å². The maximum atomic E-state index is 13.3. The number of amides is 1. The van der Waals surface area contributed by atoms with Gasteiger partial charge in [-0.05, 0) is 60.5 Å². The number of nitrogens with one attached hydrogen (secondary N) is 2. The number of anilines is 1. The Morgan fingerprint density at radius 2 is 1.94 bits per heavy atom. The third-order valence-electron chi connectivity index (χ3n) is 5.89. The van der Waals surface area contributed by atoms with Crippen LogP contribution in [-0.2, 0) is 18.3 Å². The highest BCUT2D eigenvalue weighted by atomic mass is 16.5. The van der Waals surface area contributed by atoms with Gasteiger partial charge in [0, 0.05) is 37.1 Å². The molecular weight excluding hydrogens is 452 g/mol. The summed E-state index contributed by atoms with van der Waals surface area (Å²) in [4.78, 5) is 17.8. The van der Waals surface area contributed by atoms with Crippen LogP contribution in [0.3, 0.4) is 0 Å². The van der Waals surface area contributed by atoms with E-state index in [1.807, 2.05) is 67.8 Å². The predicted octanol–water partition coefficient (Wildman–Crippen LogP) is 3.92. The second kappa shape index (κ2) is 11.8. The summed E-state index contributed by atoms with van der Waals surface area (Å²) in [6.45, 7) is 1.14. The van der Waals surface area contributed by atoms with E-state index in [4.69, 9.17) is 10.00 Å². The molecule has 1 unspecified atom stereocenters. The zero-order valence-corrected chi connectivity index (χ0v) is 20.3. The molecule has 2 heterocycles. The number of pyridine rings is 1. The quantitative estimate of drug-likeness (QED) is 0.334. The molecule has 182 valence electrons. The van der Waals surface area contributed by atoms with Crippen LogP contribution in [0.15, 0.2) is 79.3 Å². The van der Waals surface area contributed by atoms with Gasteiger partial charge in [0.05, 0.1) is 30.9 Å². The van der Waals surface area contributed by atoms with Crippen molar-refractivity contribution in [2.75, 3.05) is 25.5 Å². The Morgan fingerprint density at radius 3 is 2.61 bits per heavy atom. The van der Waals surface area contributed by atoms with Crippen LogP contribution in [0.1, 0.15) is 22.6 Å². The lowest BCUT2D eigenvalue weighted by Gasteiger charge is -2.18. The summed E-state index contributed by atoms with van der Waals surface area (Å²) in [6, 6.07) is 20.9. The number of aryl methyl sites for hydroxylation is 1. The van der Waals surface area contributed by atoms with Gasteiger partial charge in [-0.3, -0.25) is 9.48 Å². The number of hydrogen-bond acceptors (Lipinski definition) is 6. The highest BCUT2D eigenvalue weighted by molar-refractivity contribution is 5.95. The number of benzene rings is 2. The minimum absolute atomic E-state index is 0.157. The molecule has 0 spiro atoms. The van der Waals surface area contributed by atoms with E-state index in [1.54, 1.807) is 30.3 Å². The molecule has 0 radical (unpaired) electrons. The van der Waals surface area contributed by atoms with E-state index in [9.17, 15) is 4.79 Å². The van der Waals surface area contributed by atoms with Crippen molar-refractivity contribution in [2.45, 2.75) is 12.3 Å². The number of aromatic nitrogens is 3. The lowest BCUT2D eigenvalue weighted by Crippen LogP contribution is -2.32. The first-order chi connectivity index (χ1) is 17.6. The Kier molecular flexibility index (Phi) is 8.06. The number of rotatable bonds is 10. The normalized spacial score (nSPS) is 11.5. The molecule has 2 aromatic carbocycles. The SMILES string of the molecule is COc1cccc(C(CNCCc2ccc(C#N)cc2)C(=O)Nc2ccc(-c3cnn(C)c3)cn2)c1. The van der Waals surface area contributed by atoms with Crippen LogP contribution >= 0.6 is 0 Å². The number of nitrogens with zero attached hydrogens (tertiary/aromatic N) is 4. The number of carbonyl (C=O) groups excluding carboxylic acids is 1. The molecule has 0 fully saturated rings. The molecule has 0 aliphatic heterocycles. The van der Waals surface area contributed by atoms with Crippen LogP contribution in [0.25, 0.3) is 11.1 Å². The largest absolute Gasteiger partial charge is 0.497 e. The van der Waals surface area contributed by atoms with Crippen molar-refractivity contribution < 1.29 is 9.53 Å². The summed E-state index contributed by atoms with van der Waals surface area (Å²) < 4.78 is 7.10. The minimum atomic E-state index is -0.444. The van der Waals surface area contributed by atoms with Crippen molar-refractivity contribution in [3.05, 3.63) is 95.9 Å². The highest BCUT2D eigenvalue weighted by Gasteiger charge is 2.21. The average Bonchev–Trinajstić information content (AvgIpc) is 3.35. The Balaban J connectivity index is 1.42. The van der Waals surface area contributed by atoms with Crippen molar-refractivity contribution >= 4 is 11.7 Å². The van der Waals surface area contributed by atoms with Crippen LogP contribution in [0.5, 0.6) is 5.75 Å². The topological polar surface area (TPSA) is 105 Å². The van der Waals surface area contributed by atoms with Crippen LogP contribution in [0.4, 0.5) is 5.82 Å².